The highest BCUT2D eigenvalue weighted by molar-refractivity contribution is 5.92. The van der Waals surface area contributed by atoms with Gasteiger partial charge in [-0.3, -0.25) is 9.78 Å². The fourth-order valence-electron chi connectivity index (χ4n) is 1.83. The number of nitrogens with one attached hydrogen (secondary N) is 2. The summed E-state index contributed by atoms with van der Waals surface area (Å²) < 4.78 is 0. The summed E-state index contributed by atoms with van der Waals surface area (Å²) in [4.78, 5) is 19.9. The van der Waals surface area contributed by atoms with Gasteiger partial charge in [0.2, 0.25) is 0 Å². The molecular formula is C12H18N4O. The van der Waals surface area contributed by atoms with E-state index in [0.29, 0.717) is 22.8 Å². The first-order valence-electron chi connectivity index (χ1n) is 5.81. The normalized spacial score (nSPS) is 20.8. The van der Waals surface area contributed by atoms with Gasteiger partial charge in [0.15, 0.2) is 0 Å². The van der Waals surface area contributed by atoms with Gasteiger partial charge in [0.25, 0.3) is 5.91 Å². The molecule has 0 radical (unpaired) electrons. The summed E-state index contributed by atoms with van der Waals surface area (Å²) in [5.74, 6) is 1.04. The smallest absolute Gasteiger partial charge is 0.271 e. The largest absolute Gasteiger partial charge is 0.372 e. The summed E-state index contributed by atoms with van der Waals surface area (Å²) in [6, 6.07) is 0. The van der Waals surface area contributed by atoms with E-state index < -0.39 is 0 Å². The summed E-state index contributed by atoms with van der Waals surface area (Å²) in [5, 5.41) is 5.76. The number of aromatic nitrogens is 2. The summed E-state index contributed by atoms with van der Waals surface area (Å²) in [7, 11) is 1.75. The lowest BCUT2D eigenvalue weighted by Gasteiger charge is -2.06. The van der Waals surface area contributed by atoms with Crippen LogP contribution in [0, 0.1) is 11.3 Å². The maximum absolute atomic E-state index is 11.8. The van der Waals surface area contributed by atoms with Crippen molar-refractivity contribution in [2.45, 2.75) is 20.3 Å². The highest BCUT2D eigenvalue weighted by atomic mass is 16.1. The second-order valence-corrected chi connectivity index (χ2v) is 5.14. The quantitative estimate of drug-likeness (QED) is 0.824. The van der Waals surface area contributed by atoms with Crippen LogP contribution in [-0.2, 0) is 0 Å². The molecule has 1 aliphatic carbocycles. The van der Waals surface area contributed by atoms with Gasteiger partial charge in [-0.15, -0.1) is 0 Å². The van der Waals surface area contributed by atoms with E-state index in [0.717, 1.165) is 6.54 Å². The molecule has 2 rings (SSSR count). The minimum absolute atomic E-state index is 0.155. The van der Waals surface area contributed by atoms with Gasteiger partial charge in [0.1, 0.15) is 11.5 Å². The molecule has 0 spiro atoms. The number of nitrogens with zero attached hydrogens (tertiary/aromatic N) is 2. The molecule has 1 heterocycles. The molecule has 0 saturated heterocycles. The van der Waals surface area contributed by atoms with E-state index in [1.54, 1.807) is 13.2 Å². The first kappa shape index (κ1) is 11.8. The molecule has 17 heavy (non-hydrogen) atoms. The van der Waals surface area contributed by atoms with Crippen molar-refractivity contribution in [2.24, 2.45) is 11.3 Å². The van der Waals surface area contributed by atoms with Crippen molar-refractivity contribution in [3.8, 4) is 0 Å². The number of rotatable bonds is 4. The van der Waals surface area contributed by atoms with Gasteiger partial charge in [0, 0.05) is 13.6 Å². The van der Waals surface area contributed by atoms with Crippen LogP contribution in [0.3, 0.4) is 0 Å². The van der Waals surface area contributed by atoms with Crippen LogP contribution >= 0.6 is 0 Å². The number of carbonyl (C=O) groups is 1. The molecule has 1 unspecified atom stereocenters. The van der Waals surface area contributed by atoms with Crippen molar-refractivity contribution < 1.29 is 4.79 Å². The molecular weight excluding hydrogens is 216 g/mol. The van der Waals surface area contributed by atoms with Gasteiger partial charge in [-0.25, -0.2) is 4.98 Å². The molecule has 1 atom stereocenters. The number of amides is 1. The van der Waals surface area contributed by atoms with E-state index in [2.05, 4.69) is 34.4 Å². The Morgan fingerprint density at radius 2 is 2.24 bits per heavy atom. The van der Waals surface area contributed by atoms with E-state index in [1.165, 1.54) is 12.6 Å². The van der Waals surface area contributed by atoms with E-state index in [1.807, 2.05) is 0 Å². The van der Waals surface area contributed by atoms with Gasteiger partial charge in [-0.05, 0) is 17.8 Å². The van der Waals surface area contributed by atoms with Crippen molar-refractivity contribution in [1.29, 1.82) is 0 Å². The second-order valence-electron chi connectivity index (χ2n) is 5.14. The van der Waals surface area contributed by atoms with Gasteiger partial charge in [0.05, 0.1) is 12.4 Å². The molecule has 1 fully saturated rings. The Morgan fingerprint density at radius 3 is 2.82 bits per heavy atom. The highest BCUT2D eigenvalue weighted by Gasteiger charge is 2.45. The third-order valence-electron chi connectivity index (χ3n) is 3.35. The zero-order chi connectivity index (χ0) is 12.5. The molecule has 0 aliphatic heterocycles. The summed E-state index contributed by atoms with van der Waals surface area (Å²) in [5.41, 5.74) is 0.737. The molecule has 0 aromatic carbocycles. The van der Waals surface area contributed by atoms with E-state index >= 15 is 0 Å². The Labute approximate surface area is 101 Å². The first-order valence-corrected chi connectivity index (χ1v) is 5.81. The lowest BCUT2D eigenvalue weighted by Crippen LogP contribution is -2.27. The molecule has 1 amide bonds. The molecule has 5 nitrogen and oxygen atoms in total. The molecule has 92 valence electrons. The molecule has 1 saturated carbocycles. The lowest BCUT2D eigenvalue weighted by atomic mass is 10.1. The average Bonchev–Trinajstić information content (AvgIpc) is 2.94. The SMILES string of the molecule is CNc1cncc(C(=O)NCC2CC2(C)C)n1. The number of hydrogen-bond donors (Lipinski definition) is 2. The number of anilines is 1. The average molecular weight is 234 g/mol. The van der Waals surface area contributed by atoms with Gasteiger partial charge < -0.3 is 10.6 Å². The molecule has 1 aromatic heterocycles. The molecule has 1 aliphatic rings. The van der Waals surface area contributed by atoms with Crippen LogP contribution < -0.4 is 10.6 Å². The fourth-order valence-corrected chi connectivity index (χ4v) is 1.83. The monoisotopic (exact) mass is 234 g/mol. The maximum Gasteiger partial charge on any atom is 0.271 e. The first-order chi connectivity index (χ1) is 8.03. The Hall–Kier alpha value is -1.65. The molecule has 2 N–H and O–H groups in total. The fraction of sp³-hybridized carbons (Fsp3) is 0.583. The van der Waals surface area contributed by atoms with Gasteiger partial charge >= 0.3 is 0 Å². The Kier molecular flexibility index (Phi) is 3.00. The standard InChI is InChI=1S/C12H18N4O/c1-12(2)4-8(12)5-15-11(17)9-6-14-7-10(13-3)16-9/h6-8H,4-5H2,1-3H3,(H,13,16)(H,15,17). The summed E-state index contributed by atoms with van der Waals surface area (Å²) in [6.45, 7) is 5.15. The zero-order valence-corrected chi connectivity index (χ0v) is 10.4. The number of hydrogen-bond acceptors (Lipinski definition) is 4. The third kappa shape index (κ3) is 2.72. The highest BCUT2D eigenvalue weighted by Crippen LogP contribution is 2.50. The van der Waals surface area contributed by atoms with Crippen LogP contribution in [0.15, 0.2) is 12.4 Å². The van der Waals surface area contributed by atoms with Crippen LogP contribution in [0.1, 0.15) is 30.8 Å². The third-order valence-corrected chi connectivity index (χ3v) is 3.35. The van der Waals surface area contributed by atoms with Crippen LogP contribution in [0.4, 0.5) is 5.82 Å². The van der Waals surface area contributed by atoms with Crippen molar-refractivity contribution in [1.82, 2.24) is 15.3 Å². The topological polar surface area (TPSA) is 66.9 Å². The van der Waals surface area contributed by atoms with Crippen molar-refractivity contribution in [2.75, 3.05) is 18.9 Å². The molecule has 5 heteroatoms. The molecule has 1 aromatic rings. The van der Waals surface area contributed by atoms with E-state index in [4.69, 9.17) is 0 Å². The minimum Gasteiger partial charge on any atom is -0.372 e. The van der Waals surface area contributed by atoms with Crippen molar-refractivity contribution >= 4 is 11.7 Å². The van der Waals surface area contributed by atoms with E-state index in [-0.39, 0.29) is 5.91 Å². The molecule has 0 bridgehead atoms. The second kappa shape index (κ2) is 4.31. The van der Waals surface area contributed by atoms with Crippen LogP contribution in [0.2, 0.25) is 0 Å². The van der Waals surface area contributed by atoms with Crippen LogP contribution in [-0.4, -0.2) is 29.5 Å². The lowest BCUT2D eigenvalue weighted by molar-refractivity contribution is 0.0945. The minimum atomic E-state index is -0.155. The van der Waals surface area contributed by atoms with Crippen LogP contribution in [0.25, 0.3) is 0 Å². The predicted octanol–water partition coefficient (Wildman–Crippen LogP) is 1.29. The summed E-state index contributed by atoms with van der Waals surface area (Å²) >= 11 is 0. The van der Waals surface area contributed by atoms with Crippen LogP contribution in [0.5, 0.6) is 0 Å². The zero-order valence-electron chi connectivity index (χ0n) is 10.4. The predicted molar refractivity (Wildman–Crippen MR) is 65.8 cm³/mol. The number of carbonyl (C=O) groups excluding carboxylic acids is 1. The Morgan fingerprint density at radius 1 is 1.53 bits per heavy atom. The van der Waals surface area contributed by atoms with Gasteiger partial charge in [-0.1, -0.05) is 13.8 Å². The maximum atomic E-state index is 11.8. The van der Waals surface area contributed by atoms with Crippen molar-refractivity contribution in [3.05, 3.63) is 18.1 Å². The van der Waals surface area contributed by atoms with E-state index in [9.17, 15) is 4.79 Å². The Bertz CT molecular complexity index is 430. The van der Waals surface area contributed by atoms with Crippen molar-refractivity contribution in [3.63, 3.8) is 0 Å². The Balaban J connectivity index is 1.91. The summed E-state index contributed by atoms with van der Waals surface area (Å²) in [6.07, 6.45) is 4.24. The van der Waals surface area contributed by atoms with Gasteiger partial charge in [-0.2, -0.15) is 0 Å².